The van der Waals surface area contributed by atoms with Crippen molar-refractivity contribution in [3.8, 4) is 22.8 Å². The molecule has 0 unspecified atom stereocenters. The molecule has 4 heterocycles. The summed E-state index contributed by atoms with van der Waals surface area (Å²) in [5.41, 5.74) is 0.767. The molecule has 138 valence electrons. The van der Waals surface area contributed by atoms with Crippen LogP contribution in [0.3, 0.4) is 0 Å². The van der Waals surface area contributed by atoms with Crippen molar-refractivity contribution in [2.45, 2.75) is 12.7 Å². The molecule has 0 amide bonds. The summed E-state index contributed by atoms with van der Waals surface area (Å²) in [7, 11) is 0. The summed E-state index contributed by atoms with van der Waals surface area (Å²) in [5.74, 6) is 0.217. The standard InChI is InChI=1S/C16H12F3N7O/c17-16(18,19)13-9-26-12(6-22-14(26)7-21-13)15-20-2-1-11(24-15)10-5-23-25(8-10)3-4-27/h1-2,5-9,27H,3-4H2. The van der Waals surface area contributed by atoms with Gasteiger partial charge in [0.25, 0.3) is 0 Å². The van der Waals surface area contributed by atoms with Crippen molar-refractivity contribution in [3.05, 3.63) is 48.9 Å². The van der Waals surface area contributed by atoms with E-state index >= 15 is 0 Å². The minimum atomic E-state index is -4.57. The Morgan fingerprint density at radius 2 is 1.89 bits per heavy atom. The van der Waals surface area contributed by atoms with Crippen LogP contribution in [-0.4, -0.2) is 45.8 Å². The van der Waals surface area contributed by atoms with Gasteiger partial charge in [0.15, 0.2) is 17.2 Å². The lowest BCUT2D eigenvalue weighted by Gasteiger charge is -2.07. The van der Waals surface area contributed by atoms with E-state index in [0.717, 1.165) is 12.4 Å². The Bertz CT molecular complexity index is 1100. The number of hydrogen-bond acceptors (Lipinski definition) is 6. The van der Waals surface area contributed by atoms with Crippen LogP contribution in [-0.2, 0) is 12.7 Å². The van der Waals surface area contributed by atoms with Crippen molar-refractivity contribution in [2.24, 2.45) is 0 Å². The first-order valence-electron chi connectivity index (χ1n) is 7.83. The molecule has 0 saturated carbocycles. The Morgan fingerprint density at radius 1 is 1.04 bits per heavy atom. The number of imidazole rings is 1. The number of nitrogens with zero attached hydrogens (tertiary/aromatic N) is 7. The van der Waals surface area contributed by atoms with E-state index in [9.17, 15) is 13.2 Å². The minimum absolute atomic E-state index is 0.0481. The van der Waals surface area contributed by atoms with Crippen molar-refractivity contribution in [2.75, 3.05) is 6.61 Å². The van der Waals surface area contributed by atoms with Gasteiger partial charge in [-0.3, -0.25) is 9.08 Å². The molecule has 0 bridgehead atoms. The van der Waals surface area contributed by atoms with Gasteiger partial charge in [-0.1, -0.05) is 0 Å². The lowest BCUT2D eigenvalue weighted by molar-refractivity contribution is -0.141. The van der Waals surface area contributed by atoms with E-state index in [1.165, 1.54) is 16.8 Å². The van der Waals surface area contributed by atoms with Crippen LogP contribution in [0, 0.1) is 0 Å². The highest BCUT2D eigenvalue weighted by atomic mass is 19.4. The molecule has 0 aromatic carbocycles. The first-order valence-corrected chi connectivity index (χ1v) is 7.83. The number of rotatable bonds is 4. The molecular weight excluding hydrogens is 363 g/mol. The van der Waals surface area contributed by atoms with Gasteiger partial charge in [0.05, 0.1) is 37.4 Å². The Balaban J connectivity index is 1.77. The average molecular weight is 375 g/mol. The van der Waals surface area contributed by atoms with E-state index in [4.69, 9.17) is 5.11 Å². The van der Waals surface area contributed by atoms with Crippen LogP contribution in [0.2, 0.25) is 0 Å². The topological polar surface area (TPSA) is 94.0 Å². The fraction of sp³-hybridized carbons (Fsp3) is 0.188. The summed E-state index contributed by atoms with van der Waals surface area (Å²) in [4.78, 5) is 16.0. The number of hydrogen-bond donors (Lipinski definition) is 1. The fourth-order valence-corrected chi connectivity index (χ4v) is 2.56. The lowest BCUT2D eigenvalue weighted by atomic mass is 10.2. The highest BCUT2D eigenvalue weighted by molar-refractivity contribution is 5.62. The Morgan fingerprint density at radius 3 is 2.67 bits per heavy atom. The summed E-state index contributed by atoms with van der Waals surface area (Å²) in [6.07, 6.45) is 3.55. The molecule has 11 heteroatoms. The van der Waals surface area contributed by atoms with Crippen molar-refractivity contribution < 1.29 is 18.3 Å². The van der Waals surface area contributed by atoms with Crippen molar-refractivity contribution >= 4 is 5.65 Å². The molecule has 4 aromatic heterocycles. The molecule has 8 nitrogen and oxygen atoms in total. The van der Waals surface area contributed by atoms with E-state index in [1.54, 1.807) is 23.1 Å². The maximum atomic E-state index is 13.0. The number of aromatic nitrogens is 7. The van der Waals surface area contributed by atoms with Gasteiger partial charge in [-0.15, -0.1) is 0 Å². The van der Waals surface area contributed by atoms with E-state index in [2.05, 4.69) is 25.0 Å². The first kappa shape index (κ1) is 17.1. The second-order valence-electron chi connectivity index (χ2n) is 5.62. The summed E-state index contributed by atoms with van der Waals surface area (Å²) in [6, 6.07) is 1.66. The van der Waals surface area contributed by atoms with E-state index in [0.29, 0.717) is 23.5 Å². The highest BCUT2D eigenvalue weighted by Gasteiger charge is 2.33. The number of halogens is 3. The van der Waals surface area contributed by atoms with Crippen LogP contribution in [0.25, 0.3) is 28.4 Å². The van der Waals surface area contributed by atoms with Gasteiger partial charge >= 0.3 is 6.18 Å². The molecule has 0 fully saturated rings. The van der Waals surface area contributed by atoms with Crippen LogP contribution < -0.4 is 0 Å². The number of aliphatic hydroxyl groups excluding tert-OH is 1. The first-order chi connectivity index (χ1) is 13.0. The van der Waals surface area contributed by atoms with Gasteiger partial charge in [-0.2, -0.15) is 18.3 Å². The van der Waals surface area contributed by atoms with Crippen LogP contribution in [0.1, 0.15) is 5.69 Å². The molecule has 4 aromatic rings. The Kier molecular flexibility index (Phi) is 4.07. The predicted molar refractivity (Wildman–Crippen MR) is 87.3 cm³/mol. The van der Waals surface area contributed by atoms with Gasteiger partial charge in [-0.25, -0.2) is 19.9 Å². The number of fused-ring (bicyclic) bond motifs is 1. The van der Waals surface area contributed by atoms with Crippen molar-refractivity contribution in [1.82, 2.24) is 34.1 Å². The quantitative estimate of drug-likeness (QED) is 0.587. The average Bonchev–Trinajstić information content (AvgIpc) is 3.28. The molecule has 27 heavy (non-hydrogen) atoms. The van der Waals surface area contributed by atoms with Crippen molar-refractivity contribution in [1.29, 1.82) is 0 Å². The molecule has 0 saturated heterocycles. The molecule has 0 atom stereocenters. The maximum Gasteiger partial charge on any atom is 0.434 e. The van der Waals surface area contributed by atoms with Crippen LogP contribution in [0.15, 0.2) is 43.2 Å². The second kappa shape index (κ2) is 6.43. The SMILES string of the molecule is OCCn1cc(-c2ccnc(-c3cnc4cnc(C(F)(F)F)cn34)n2)cn1. The van der Waals surface area contributed by atoms with Gasteiger partial charge in [0.2, 0.25) is 0 Å². The largest absolute Gasteiger partial charge is 0.434 e. The molecule has 0 aliphatic heterocycles. The zero-order valence-corrected chi connectivity index (χ0v) is 13.7. The third kappa shape index (κ3) is 3.24. The van der Waals surface area contributed by atoms with E-state index < -0.39 is 11.9 Å². The molecular formula is C16H12F3N7O. The second-order valence-corrected chi connectivity index (χ2v) is 5.62. The van der Waals surface area contributed by atoms with Gasteiger partial charge < -0.3 is 5.11 Å². The zero-order valence-electron chi connectivity index (χ0n) is 13.7. The van der Waals surface area contributed by atoms with E-state index in [1.807, 2.05) is 0 Å². The third-order valence-electron chi connectivity index (χ3n) is 3.83. The molecule has 1 N–H and O–H groups in total. The molecule has 0 radical (unpaired) electrons. The highest BCUT2D eigenvalue weighted by Crippen LogP contribution is 2.28. The zero-order chi connectivity index (χ0) is 19.0. The van der Waals surface area contributed by atoms with Gasteiger partial charge in [-0.05, 0) is 6.07 Å². The summed E-state index contributed by atoms with van der Waals surface area (Å²) in [5, 5.41) is 13.1. The van der Waals surface area contributed by atoms with Gasteiger partial charge in [0.1, 0.15) is 5.69 Å². The smallest absolute Gasteiger partial charge is 0.394 e. The summed E-state index contributed by atoms with van der Waals surface area (Å²) >= 11 is 0. The number of alkyl halides is 3. The Labute approximate surface area is 150 Å². The van der Waals surface area contributed by atoms with Crippen LogP contribution >= 0.6 is 0 Å². The number of aliphatic hydroxyl groups is 1. The van der Waals surface area contributed by atoms with E-state index in [-0.39, 0.29) is 18.1 Å². The van der Waals surface area contributed by atoms with Crippen LogP contribution in [0.4, 0.5) is 13.2 Å². The monoisotopic (exact) mass is 375 g/mol. The molecule has 0 aliphatic rings. The molecule has 0 aliphatic carbocycles. The minimum Gasteiger partial charge on any atom is -0.394 e. The Hall–Kier alpha value is -3.34. The lowest BCUT2D eigenvalue weighted by Crippen LogP contribution is -2.09. The van der Waals surface area contributed by atoms with Gasteiger partial charge in [0, 0.05) is 24.2 Å². The fourth-order valence-electron chi connectivity index (χ4n) is 2.56. The van der Waals surface area contributed by atoms with Crippen LogP contribution in [0.5, 0.6) is 0 Å². The molecule has 4 rings (SSSR count). The normalized spacial score (nSPS) is 12.0. The van der Waals surface area contributed by atoms with Crippen molar-refractivity contribution in [3.63, 3.8) is 0 Å². The summed E-state index contributed by atoms with van der Waals surface area (Å²) in [6.45, 7) is 0.298. The third-order valence-corrected chi connectivity index (χ3v) is 3.83. The maximum absolute atomic E-state index is 13.0. The molecule has 0 spiro atoms. The summed E-state index contributed by atoms with van der Waals surface area (Å²) < 4.78 is 41.7. The predicted octanol–water partition coefficient (Wildman–Crippen LogP) is 2.06.